The SMILES string of the molecule is CNC(=O)C(C)N(Cc1ccc(Br)cc1)C(=O)CN(c1ccc(OC)c(Cl)c1)S(=O)(=O)c1ccccc1. The smallest absolute Gasteiger partial charge is 0.264 e. The van der Waals surface area contributed by atoms with Crippen LogP contribution < -0.4 is 14.4 Å². The topological polar surface area (TPSA) is 96.0 Å². The van der Waals surface area contributed by atoms with Crippen molar-refractivity contribution in [2.24, 2.45) is 0 Å². The van der Waals surface area contributed by atoms with Crippen LogP contribution in [0.2, 0.25) is 5.02 Å². The van der Waals surface area contributed by atoms with E-state index in [1.807, 2.05) is 24.3 Å². The molecule has 3 aromatic rings. The highest BCUT2D eigenvalue weighted by Gasteiger charge is 2.32. The van der Waals surface area contributed by atoms with E-state index in [1.54, 1.807) is 25.1 Å². The highest BCUT2D eigenvalue weighted by Crippen LogP contribution is 2.32. The minimum atomic E-state index is -4.17. The molecule has 0 aliphatic carbocycles. The highest BCUT2D eigenvalue weighted by atomic mass is 79.9. The molecule has 0 saturated heterocycles. The van der Waals surface area contributed by atoms with Gasteiger partial charge in [-0.2, -0.15) is 0 Å². The average Bonchev–Trinajstić information content (AvgIpc) is 2.90. The first-order chi connectivity index (χ1) is 17.6. The van der Waals surface area contributed by atoms with Gasteiger partial charge in [-0.3, -0.25) is 13.9 Å². The molecule has 0 saturated carbocycles. The number of nitrogens with one attached hydrogen (secondary N) is 1. The van der Waals surface area contributed by atoms with Gasteiger partial charge in [-0.25, -0.2) is 8.42 Å². The van der Waals surface area contributed by atoms with E-state index in [4.69, 9.17) is 16.3 Å². The summed E-state index contributed by atoms with van der Waals surface area (Å²) in [5.74, 6) is -0.584. The number of nitrogens with zero attached hydrogens (tertiary/aromatic N) is 2. The largest absolute Gasteiger partial charge is 0.495 e. The zero-order valence-corrected chi connectivity index (χ0v) is 23.7. The summed E-state index contributed by atoms with van der Waals surface area (Å²) < 4.78 is 34.5. The molecular formula is C26H27BrClN3O5S. The summed E-state index contributed by atoms with van der Waals surface area (Å²) in [7, 11) is -1.24. The van der Waals surface area contributed by atoms with Crippen molar-refractivity contribution in [1.82, 2.24) is 10.2 Å². The maximum Gasteiger partial charge on any atom is 0.264 e. The Hall–Kier alpha value is -3.08. The number of likely N-dealkylation sites (N-methyl/N-ethyl adjacent to an activating group) is 1. The lowest BCUT2D eigenvalue weighted by molar-refractivity contribution is -0.139. The molecule has 0 heterocycles. The predicted octanol–water partition coefficient (Wildman–Crippen LogP) is 4.47. The molecular weight excluding hydrogens is 582 g/mol. The molecule has 11 heteroatoms. The van der Waals surface area contributed by atoms with Crippen LogP contribution in [0.25, 0.3) is 0 Å². The van der Waals surface area contributed by atoms with Crippen molar-refractivity contribution in [3.8, 4) is 5.75 Å². The number of hydrogen-bond acceptors (Lipinski definition) is 5. The van der Waals surface area contributed by atoms with Crippen LogP contribution >= 0.6 is 27.5 Å². The lowest BCUT2D eigenvalue weighted by Crippen LogP contribution is -2.50. The molecule has 1 unspecified atom stereocenters. The number of rotatable bonds is 10. The second-order valence-electron chi connectivity index (χ2n) is 8.08. The highest BCUT2D eigenvalue weighted by molar-refractivity contribution is 9.10. The standard InChI is InChI=1S/C26H27BrClN3O5S/c1-18(26(33)29-2)30(16-19-9-11-20(27)12-10-19)25(32)17-31(21-13-14-24(36-3)23(28)15-21)37(34,35)22-7-5-4-6-8-22/h4-15,18H,16-17H2,1-3H3,(H,29,33). The normalized spacial score (nSPS) is 11.9. The van der Waals surface area contributed by atoms with Crippen molar-refractivity contribution in [3.63, 3.8) is 0 Å². The minimum Gasteiger partial charge on any atom is -0.495 e. The summed E-state index contributed by atoms with van der Waals surface area (Å²) in [4.78, 5) is 27.6. The first-order valence-electron chi connectivity index (χ1n) is 11.2. The lowest BCUT2D eigenvalue weighted by Gasteiger charge is -2.32. The van der Waals surface area contributed by atoms with Gasteiger partial charge < -0.3 is 15.0 Å². The van der Waals surface area contributed by atoms with Crippen molar-refractivity contribution in [2.45, 2.75) is 24.4 Å². The molecule has 8 nitrogen and oxygen atoms in total. The Balaban J connectivity index is 2.05. The number of carbonyl (C=O) groups excluding carboxylic acids is 2. The molecule has 0 aliphatic rings. The number of hydrogen-bond donors (Lipinski definition) is 1. The molecule has 3 aromatic carbocycles. The number of sulfonamides is 1. The fraction of sp³-hybridized carbons (Fsp3) is 0.231. The van der Waals surface area contributed by atoms with Gasteiger partial charge in [0.15, 0.2) is 0 Å². The van der Waals surface area contributed by atoms with E-state index in [2.05, 4.69) is 21.2 Å². The van der Waals surface area contributed by atoms with E-state index in [0.717, 1.165) is 14.3 Å². The van der Waals surface area contributed by atoms with Crippen LogP contribution in [0.1, 0.15) is 12.5 Å². The summed E-state index contributed by atoms with van der Waals surface area (Å²) >= 11 is 9.69. The molecule has 0 aromatic heterocycles. The summed E-state index contributed by atoms with van der Waals surface area (Å²) in [5.41, 5.74) is 0.955. The van der Waals surface area contributed by atoms with Crippen LogP contribution in [0, 0.1) is 0 Å². The van der Waals surface area contributed by atoms with Gasteiger partial charge in [0, 0.05) is 18.1 Å². The predicted molar refractivity (Wildman–Crippen MR) is 147 cm³/mol. The van der Waals surface area contributed by atoms with Crippen molar-refractivity contribution >= 4 is 55.1 Å². The Labute approximate surface area is 230 Å². The van der Waals surface area contributed by atoms with Gasteiger partial charge in [0.1, 0.15) is 18.3 Å². The van der Waals surface area contributed by atoms with E-state index in [9.17, 15) is 18.0 Å². The van der Waals surface area contributed by atoms with Crippen LogP contribution in [0.5, 0.6) is 5.75 Å². The molecule has 196 valence electrons. The summed E-state index contributed by atoms with van der Waals surface area (Å²) in [5, 5.41) is 2.74. The first-order valence-corrected chi connectivity index (χ1v) is 13.9. The third-order valence-electron chi connectivity index (χ3n) is 5.71. The number of anilines is 1. The van der Waals surface area contributed by atoms with Crippen LogP contribution in [0.3, 0.4) is 0 Å². The third-order valence-corrected chi connectivity index (χ3v) is 8.33. The zero-order valence-electron chi connectivity index (χ0n) is 20.5. The molecule has 1 atom stereocenters. The Bertz CT molecular complexity index is 1350. The van der Waals surface area contributed by atoms with Gasteiger partial charge in [0.05, 0.1) is 22.7 Å². The van der Waals surface area contributed by atoms with E-state index in [1.165, 1.54) is 49.4 Å². The van der Waals surface area contributed by atoms with Crippen molar-refractivity contribution in [3.05, 3.63) is 87.9 Å². The van der Waals surface area contributed by atoms with Crippen molar-refractivity contribution < 1.29 is 22.7 Å². The van der Waals surface area contributed by atoms with E-state index in [-0.39, 0.29) is 28.1 Å². The number of ether oxygens (including phenoxy) is 1. The lowest BCUT2D eigenvalue weighted by atomic mass is 10.1. The maximum absolute atomic E-state index is 13.7. The molecule has 0 bridgehead atoms. The summed E-state index contributed by atoms with van der Waals surface area (Å²) in [6, 6.07) is 18.7. The monoisotopic (exact) mass is 607 g/mol. The van der Waals surface area contributed by atoms with Crippen LogP contribution in [0.4, 0.5) is 5.69 Å². The van der Waals surface area contributed by atoms with Gasteiger partial charge in [0.2, 0.25) is 11.8 Å². The number of amides is 2. The van der Waals surface area contributed by atoms with Crippen molar-refractivity contribution in [1.29, 1.82) is 0 Å². The first kappa shape index (κ1) is 28.5. The van der Waals surface area contributed by atoms with Gasteiger partial charge in [-0.05, 0) is 55.0 Å². The average molecular weight is 609 g/mol. The fourth-order valence-electron chi connectivity index (χ4n) is 3.64. The summed E-state index contributed by atoms with van der Waals surface area (Å²) in [6.45, 7) is 1.14. The second-order valence-corrected chi connectivity index (χ2v) is 11.3. The van der Waals surface area contributed by atoms with Gasteiger partial charge in [-0.15, -0.1) is 0 Å². The van der Waals surface area contributed by atoms with Gasteiger partial charge in [-0.1, -0.05) is 57.9 Å². The molecule has 0 spiro atoms. The molecule has 2 amide bonds. The maximum atomic E-state index is 13.7. The van der Waals surface area contributed by atoms with Gasteiger partial charge >= 0.3 is 0 Å². The quantitative estimate of drug-likeness (QED) is 0.367. The van der Waals surface area contributed by atoms with Gasteiger partial charge in [0.25, 0.3) is 10.0 Å². The Morgan fingerprint density at radius 2 is 1.70 bits per heavy atom. The molecule has 0 aliphatic heterocycles. The fourth-order valence-corrected chi connectivity index (χ4v) is 5.58. The zero-order chi connectivity index (χ0) is 27.2. The molecule has 3 rings (SSSR count). The summed E-state index contributed by atoms with van der Waals surface area (Å²) in [6.07, 6.45) is 0. The Morgan fingerprint density at radius 1 is 1.05 bits per heavy atom. The molecule has 37 heavy (non-hydrogen) atoms. The van der Waals surface area contributed by atoms with Crippen LogP contribution in [-0.4, -0.2) is 51.9 Å². The number of methoxy groups -OCH3 is 1. The van der Waals surface area contributed by atoms with Crippen LogP contribution in [0.15, 0.2) is 82.2 Å². The number of carbonyl (C=O) groups is 2. The Morgan fingerprint density at radius 3 is 2.27 bits per heavy atom. The van der Waals surface area contributed by atoms with Crippen molar-refractivity contribution in [2.75, 3.05) is 25.0 Å². The molecule has 0 fully saturated rings. The van der Waals surface area contributed by atoms with E-state index >= 15 is 0 Å². The van der Waals surface area contributed by atoms with Crippen LogP contribution in [-0.2, 0) is 26.2 Å². The molecule has 0 radical (unpaired) electrons. The molecule has 1 N–H and O–H groups in total. The Kier molecular flexibility index (Phi) is 9.58. The van der Waals surface area contributed by atoms with E-state index in [0.29, 0.717) is 5.75 Å². The third kappa shape index (κ3) is 6.82. The number of halogens is 2. The minimum absolute atomic E-state index is 0.00792. The van der Waals surface area contributed by atoms with E-state index < -0.39 is 28.5 Å². The second kappa shape index (κ2) is 12.4. The number of benzene rings is 3.